The van der Waals surface area contributed by atoms with Gasteiger partial charge in [0.1, 0.15) is 11.6 Å². The molecule has 1 aliphatic heterocycles. The average Bonchev–Trinajstić information content (AvgIpc) is 2.70. The van der Waals surface area contributed by atoms with E-state index in [4.69, 9.17) is 10.5 Å². The third-order valence-electron chi connectivity index (χ3n) is 3.21. The fourth-order valence-corrected chi connectivity index (χ4v) is 2.53. The molecule has 0 saturated carbocycles. The van der Waals surface area contributed by atoms with E-state index in [0.717, 1.165) is 6.42 Å². The number of rotatable bonds is 2. The molecule has 1 fully saturated rings. The van der Waals surface area contributed by atoms with Gasteiger partial charge in [-0.15, -0.1) is 0 Å². The van der Waals surface area contributed by atoms with Crippen molar-refractivity contribution >= 4 is 15.9 Å². The fraction of sp³-hybridized carbons (Fsp3) is 0.500. The second-order valence-electron chi connectivity index (χ2n) is 4.38. The molecule has 2 rings (SSSR count). The standard InChI is InChI=1S/C12H14BrF2NO/c1-6-4-5-17-12(6)11(16)9-8(14)3-2-7(13)10(9)15/h2-3,6,11-12H,4-5,16H2,1H3. The number of hydrogen-bond acceptors (Lipinski definition) is 2. The van der Waals surface area contributed by atoms with Gasteiger partial charge in [0.05, 0.1) is 16.6 Å². The van der Waals surface area contributed by atoms with Crippen LogP contribution in [0.3, 0.4) is 0 Å². The molecule has 2 N–H and O–H groups in total. The van der Waals surface area contributed by atoms with E-state index in [2.05, 4.69) is 15.9 Å². The maximum Gasteiger partial charge on any atom is 0.145 e. The first-order valence-corrected chi connectivity index (χ1v) is 6.32. The van der Waals surface area contributed by atoms with Gasteiger partial charge in [0.25, 0.3) is 0 Å². The summed E-state index contributed by atoms with van der Waals surface area (Å²) in [4.78, 5) is 0. The van der Waals surface area contributed by atoms with E-state index in [0.29, 0.717) is 6.61 Å². The van der Waals surface area contributed by atoms with Gasteiger partial charge in [0.15, 0.2) is 0 Å². The molecule has 0 amide bonds. The molecule has 1 aromatic rings. The van der Waals surface area contributed by atoms with Crippen LogP contribution in [0.15, 0.2) is 16.6 Å². The second kappa shape index (κ2) is 5.00. The Morgan fingerprint density at radius 3 is 2.76 bits per heavy atom. The first-order chi connectivity index (χ1) is 8.02. The lowest BCUT2D eigenvalue weighted by Crippen LogP contribution is -2.31. The molecule has 94 valence electrons. The Hall–Kier alpha value is -0.520. The van der Waals surface area contributed by atoms with E-state index in [1.54, 1.807) is 0 Å². The minimum absolute atomic E-state index is 0.0990. The van der Waals surface area contributed by atoms with Crippen LogP contribution in [0.25, 0.3) is 0 Å². The molecule has 3 atom stereocenters. The Kier molecular flexibility index (Phi) is 3.80. The highest BCUT2D eigenvalue weighted by Gasteiger charge is 2.34. The van der Waals surface area contributed by atoms with Crippen molar-refractivity contribution in [1.29, 1.82) is 0 Å². The zero-order chi connectivity index (χ0) is 12.6. The predicted molar refractivity (Wildman–Crippen MR) is 64.5 cm³/mol. The van der Waals surface area contributed by atoms with Crippen molar-refractivity contribution in [2.75, 3.05) is 6.61 Å². The Balaban J connectivity index is 2.36. The Morgan fingerprint density at radius 2 is 2.18 bits per heavy atom. The zero-order valence-corrected chi connectivity index (χ0v) is 11.0. The Bertz CT molecular complexity index is 427. The van der Waals surface area contributed by atoms with Crippen LogP contribution in [0, 0.1) is 17.6 Å². The number of ether oxygens (including phenoxy) is 1. The summed E-state index contributed by atoms with van der Waals surface area (Å²) in [6.45, 7) is 2.57. The molecule has 0 radical (unpaired) electrons. The van der Waals surface area contributed by atoms with E-state index in [-0.39, 0.29) is 22.1 Å². The van der Waals surface area contributed by atoms with Gasteiger partial charge < -0.3 is 10.5 Å². The molecule has 1 saturated heterocycles. The topological polar surface area (TPSA) is 35.2 Å². The second-order valence-corrected chi connectivity index (χ2v) is 5.24. The summed E-state index contributed by atoms with van der Waals surface area (Å²) in [6.07, 6.45) is 0.545. The molecule has 17 heavy (non-hydrogen) atoms. The van der Waals surface area contributed by atoms with E-state index >= 15 is 0 Å². The average molecular weight is 306 g/mol. The zero-order valence-electron chi connectivity index (χ0n) is 9.42. The lowest BCUT2D eigenvalue weighted by molar-refractivity contribution is 0.0704. The molecule has 5 heteroatoms. The van der Waals surface area contributed by atoms with Crippen LogP contribution in [0.2, 0.25) is 0 Å². The van der Waals surface area contributed by atoms with Gasteiger partial charge in [0.2, 0.25) is 0 Å². The van der Waals surface area contributed by atoms with Crippen molar-refractivity contribution in [2.24, 2.45) is 11.7 Å². The van der Waals surface area contributed by atoms with E-state index < -0.39 is 17.7 Å². The van der Waals surface area contributed by atoms with Gasteiger partial charge in [-0.1, -0.05) is 6.92 Å². The third kappa shape index (κ3) is 2.37. The van der Waals surface area contributed by atoms with Gasteiger partial charge in [-0.05, 0) is 40.4 Å². The minimum atomic E-state index is -0.773. The lowest BCUT2D eigenvalue weighted by atomic mass is 9.92. The first kappa shape index (κ1) is 12.9. The number of benzene rings is 1. The lowest BCUT2D eigenvalue weighted by Gasteiger charge is -2.23. The van der Waals surface area contributed by atoms with Crippen molar-refractivity contribution in [3.63, 3.8) is 0 Å². The molecule has 0 aliphatic carbocycles. The molecule has 0 spiro atoms. The molecule has 0 bridgehead atoms. The van der Waals surface area contributed by atoms with Gasteiger partial charge in [-0.25, -0.2) is 8.78 Å². The quantitative estimate of drug-likeness (QED) is 0.852. The van der Waals surface area contributed by atoms with Crippen molar-refractivity contribution in [3.8, 4) is 0 Å². The largest absolute Gasteiger partial charge is 0.376 e. The maximum absolute atomic E-state index is 13.9. The molecule has 1 aromatic carbocycles. The highest BCUT2D eigenvalue weighted by atomic mass is 79.9. The molecule has 0 aromatic heterocycles. The molecule has 2 nitrogen and oxygen atoms in total. The summed E-state index contributed by atoms with van der Waals surface area (Å²) in [6, 6.07) is 1.77. The molecular formula is C12H14BrF2NO. The normalized spacial score (nSPS) is 26.2. The molecule has 3 unspecified atom stereocenters. The van der Waals surface area contributed by atoms with Crippen molar-refractivity contribution < 1.29 is 13.5 Å². The Labute approximate surface area is 107 Å². The molecule has 1 heterocycles. The fourth-order valence-electron chi connectivity index (χ4n) is 2.19. The first-order valence-electron chi connectivity index (χ1n) is 5.53. The highest BCUT2D eigenvalue weighted by molar-refractivity contribution is 9.10. The van der Waals surface area contributed by atoms with Crippen molar-refractivity contribution in [2.45, 2.75) is 25.5 Å². The van der Waals surface area contributed by atoms with Gasteiger partial charge in [-0.3, -0.25) is 0 Å². The van der Waals surface area contributed by atoms with Crippen LogP contribution in [0.1, 0.15) is 24.9 Å². The van der Waals surface area contributed by atoms with Gasteiger partial charge in [-0.2, -0.15) is 0 Å². The van der Waals surface area contributed by atoms with Crippen LogP contribution < -0.4 is 5.73 Å². The van der Waals surface area contributed by atoms with Gasteiger partial charge >= 0.3 is 0 Å². The van der Waals surface area contributed by atoms with Crippen LogP contribution in [-0.2, 0) is 4.74 Å². The highest BCUT2D eigenvalue weighted by Crippen LogP contribution is 2.33. The van der Waals surface area contributed by atoms with Crippen LogP contribution in [-0.4, -0.2) is 12.7 Å². The summed E-state index contributed by atoms with van der Waals surface area (Å²) in [5.41, 5.74) is 5.84. The molecule has 1 aliphatic rings. The van der Waals surface area contributed by atoms with Crippen LogP contribution >= 0.6 is 15.9 Å². The SMILES string of the molecule is CC1CCOC1C(N)c1c(F)ccc(Br)c1F. The number of nitrogens with two attached hydrogens (primary N) is 1. The van der Waals surface area contributed by atoms with E-state index in [9.17, 15) is 8.78 Å². The number of halogens is 3. The number of hydrogen-bond donors (Lipinski definition) is 1. The summed E-state index contributed by atoms with van der Waals surface area (Å²) < 4.78 is 33.2. The maximum atomic E-state index is 13.9. The smallest absolute Gasteiger partial charge is 0.145 e. The van der Waals surface area contributed by atoms with Crippen molar-refractivity contribution in [3.05, 3.63) is 33.8 Å². The summed E-state index contributed by atoms with van der Waals surface area (Å²) in [5.74, 6) is -1.05. The molecular weight excluding hydrogens is 292 g/mol. The monoisotopic (exact) mass is 305 g/mol. The summed E-state index contributed by atoms with van der Waals surface area (Å²) >= 11 is 3.03. The van der Waals surface area contributed by atoms with E-state index in [1.165, 1.54) is 12.1 Å². The Morgan fingerprint density at radius 1 is 1.47 bits per heavy atom. The van der Waals surface area contributed by atoms with Crippen LogP contribution in [0.5, 0.6) is 0 Å². The third-order valence-corrected chi connectivity index (χ3v) is 3.82. The summed E-state index contributed by atoms with van der Waals surface area (Å²) in [5, 5.41) is 0. The van der Waals surface area contributed by atoms with Crippen molar-refractivity contribution in [1.82, 2.24) is 0 Å². The predicted octanol–water partition coefficient (Wildman–Crippen LogP) is 3.15. The van der Waals surface area contributed by atoms with Crippen LogP contribution in [0.4, 0.5) is 8.78 Å². The summed E-state index contributed by atoms with van der Waals surface area (Å²) in [7, 11) is 0. The van der Waals surface area contributed by atoms with E-state index in [1.807, 2.05) is 6.92 Å². The van der Waals surface area contributed by atoms with Gasteiger partial charge in [0, 0.05) is 12.2 Å². The minimum Gasteiger partial charge on any atom is -0.376 e.